The maximum Gasteiger partial charge on any atom is 0.242 e. The van der Waals surface area contributed by atoms with Crippen LogP contribution >= 0.6 is 0 Å². The molecule has 10 nitrogen and oxygen atoms in total. The Kier molecular flexibility index (Phi) is 4.51. The van der Waals surface area contributed by atoms with Gasteiger partial charge in [0.2, 0.25) is 17.8 Å². The summed E-state index contributed by atoms with van der Waals surface area (Å²) in [6.45, 7) is 4.06. The summed E-state index contributed by atoms with van der Waals surface area (Å²) in [7, 11) is 0. The summed E-state index contributed by atoms with van der Waals surface area (Å²) in [6, 6.07) is 7.85. The van der Waals surface area contributed by atoms with Crippen molar-refractivity contribution in [2.45, 2.75) is 6.29 Å². The van der Waals surface area contributed by atoms with Crippen molar-refractivity contribution >= 4 is 22.9 Å². The SMILES string of the molecule is OC1CN(c2nc(N3CCOCC3)nc(-n3cnc4ccccc43)n2)CCO1. The molecular weight excluding hydrogens is 362 g/mol. The molecule has 0 radical (unpaired) electrons. The molecule has 1 unspecified atom stereocenters. The van der Waals surface area contributed by atoms with Gasteiger partial charge < -0.3 is 24.4 Å². The second kappa shape index (κ2) is 7.30. The minimum absolute atomic E-state index is 0.316. The third-order valence-electron chi connectivity index (χ3n) is 4.89. The van der Waals surface area contributed by atoms with Crippen molar-refractivity contribution in [3.63, 3.8) is 0 Å². The highest BCUT2D eigenvalue weighted by Gasteiger charge is 2.24. The van der Waals surface area contributed by atoms with Crippen molar-refractivity contribution in [3.05, 3.63) is 30.6 Å². The molecule has 2 aromatic heterocycles. The number of β-amino-alcohol motifs (C(OH)–C–C–N with tert-alkyl or cyclic N) is 1. The number of para-hydroxylation sites is 2. The topological polar surface area (TPSA) is 102 Å². The molecule has 0 bridgehead atoms. The van der Waals surface area contributed by atoms with Gasteiger partial charge >= 0.3 is 0 Å². The number of benzene rings is 1. The molecule has 1 aromatic carbocycles. The van der Waals surface area contributed by atoms with Crippen LogP contribution in [-0.4, -0.2) is 81.9 Å². The number of ether oxygens (including phenoxy) is 2. The first-order valence-corrected chi connectivity index (χ1v) is 9.34. The molecule has 2 aliphatic rings. The lowest BCUT2D eigenvalue weighted by Gasteiger charge is -2.32. The normalized spacial score (nSPS) is 20.7. The molecule has 3 aromatic rings. The zero-order valence-electron chi connectivity index (χ0n) is 15.3. The highest BCUT2D eigenvalue weighted by molar-refractivity contribution is 5.76. The van der Waals surface area contributed by atoms with Crippen molar-refractivity contribution in [2.24, 2.45) is 0 Å². The molecule has 0 aliphatic carbocycles. The number of nitrogens with zero attached hydrogens (tertiary/aromatic N) is 7. The maximum absolute atomic E-state index is 9.88. The number of imidazole rings is 1. The fourth-order valence-electron chi connectivity index (χ4n) is 3.43. The largest absolute Gasteiger partial charge is 0.378 e. The van der Waals surface area contributed by atoms with Gasteiger partial charge in [-0.1, -0.05) is 12.1 Å². The van der Waals surface area contributed by atoms with Crippen LogP contribution in [0.3, 0.4) is 0 Å². The monoisotopic (exact) mass is 383 g/mol. The van der Waals surface area contributed by atoms with E-state index in [-0.39, 0.29) is 0 Å². The highest BCUT2D eigenvalue weighted by Crippen LogP contribution is 2.22. The third kappa shape index (κ3) is 3.26. The smallest absolute Gasteiger partial charge is 0.242 e. The number of rotatable bonds is 3. The lowest BCUT2D eigenvalue weighted by Crippen LogP contribution is -2.44. The van der Waals surface area contributed by atoms with Crippen LogP contribution in [0.2, 0.25) is 0 Å². The third-order valence-corrected chi connectivity index (χ3v) is 4.89. The van der Waals surface area contributed by atoms with E-state index in [1.165, 1.54) is 0 Å². The Balaban J connectivity index is 1.60. The molecule has 10 heteroatoms. The van der Waals surface area contributed by atoms with Crippen LogP contribution in [0.4, 0.5) is 11.9 Å². The van der Waals surface area contributed by atoms with Gasteiger partial charge in [0.05, 0.1) is 37.4 Å². The predicted octanol–water partition coefficient (Wildman–Crippen LogP) is 0.202. The number of aliphatic hydroxyl groups is 1. The van der Waals surface area contributed by atoms with E-state index in [1.54, 1.807) is 6.33 Å². The van der Waals surface area contributed by atoms with Crippen molar-refractivity contribution in [1.29, 1.82) is 0 Å². The van der Waals surface area contributed by atoms with Crippen LogP contribution in [0.15, 0.2) is 30.6 Å². The van der Waals surface area contributed by atoms with Crippen molar-refractivity contribution in [3.8, 4) is 5.95 Å². The number of hydrogen-bond donors (Lipinski definition) is 1. The zero-order valence-corrected chi connectivity index (χ0v) is 15.3. The van der Waals surface area contributed by atoms with E-state index in [4.69, 9.17) is 14.5 Å². The lowest BCUT2D eigenvalue weighted by atomic mass is 10.3. The van der Waals surface area contributed by atoms with E-state index in [1.807, 2.05) is 33.7 Å². The van der Waals surface area contributed by atoms with E-state index in [0.717, 1.165) is 24.1 Å². The number of fused-ring (bicyclic) bond motifs is 1. The van der Waals surface area contributed by atoms with Crippen molar-refractivity contribution < 1.29 is 14.6 Å². The van der Waals surface area contributed by atoms with E-state index in [0.29, 0.717) is 50.8 Å². The standard InChI is InChI=1S/C18H21N7O3/c26-15-11-24(7-10-28-15)17-20-16(23-5-8-27-9-6-23)21-18(22-17)25-12-19-13-3-1-2-4-14(13)25/h1-4,12,15,26H,5-11H2. The molecule has 2 saturated heterocycles. The predicted molar refractivity (Wildman–Crippen MR) is 102 cm³/mol. The zero-order chi connectivity index (χ0) is 18.9. The van der Waals surface area contributed by atoms with E-state index >= 15 is 0 Å². The van der Waals surface area contributed by atoms with E-state index < -0.39 is 6.29 Å². The number of aliphatic hydroxyl groups excluding tert-OH is 1. The van der Waals surface area contributed by atoms with Gasteiger partial charge in [-0.05, 0) is 12.1 Å². The Morgan fingerprint density at radius 3 is 2.43 bits per heavy atom. The summed E-state index contributed by atoms with van der Waals surface area (Å²) in [6.07, 6.45) is 0.871. The van der Waals surface area contributed by atoms with Crippen LogP contribution in [0.5, 0.6) is 0 Å². The van der Waals surface area contributed by atoms with Gasteiger partial charge in [0.15, 0.2) is 6.29 Å². The second-order valence-corrected chi connectivity index (χ2v) is 6.71. The number of hydrogen-bond acceptors (Lipinski definition) is 9. The van der Waals surface area contributed by atoms with Gasteiger partial charge in [0.1, 0.15) is 6.33 Å². The first-order valence-electron chi connectivity index (χ1n) is 9.34. The molecule has 5 rings (SSSR count). The molecule has 0 amide bonds. The second-order valence-electron chi connectivity index (χ2n) is 6.71. The quantitative estimate of drug-likeness (QED) is 0.680. The Morgan fingerprint density at radius 2 is 1.61 bits per heavy atom. The summed E-state index contributed by atoms with van der Waals surface area (Å²) in [5.74, 6) is 1.62. The van der Waals surface area contributed by atoms with Gasteiger partial charge in [-0.3, -0.25) is 4.57 Å². The lowest BCUT2D eigenvalue weighted by molar-refractivity contribution is -0.104. The van der Waals surface area contributed by atoms with Crippen LogP contribution in [0.1, 0.15) is 0 Å². The van der Waals surface area contributed by atoms with E-state index in [2.05, 4.69) is 19.9 Å². The van der Waals surface area contributed by atoms with Gasteiger partial charge in [-0.25, -0.2) is 4.98 Å². The average Bonchev–Trinajstić information content (AvgIpc) is 3.18. The number of aromatic nitrogens is 5. The van der Waals surface area contributed by atoms with Crippen LogP contribution in [0, 0.1) is 0 Å². The van der Waals surface area contributed by atoms with Crippen LogP contribution in [0.25, 0.3) is 17.0 Å². The first kappa shape index (κ1) is 17.3. The molecule has 146 valence electrons. The molecule has 2 aliphatic heterocycles. The van der Waals surface area contributed by atoms with Crippen molar-refractivity contribution in [2.75, 3.05) is 55.8 Å². The molecule has 28 heavy (non-hydrogen) atoms. The molecule has 4 heterocycles. The molecule has 1 N–H and O–H groups in total. The van der Waals surface area contributed by atoms with Crippen LogP contribution in [-0.2, 0) is 9.47 Å². The Hall–Kier alpha value is -2.82. The molecule has 2 fully saturated rings. The fourth-order valence-corrected chi connectivity index (χ4v) is 3.43. The summed E-state index contributed by atoms with van der Waals surface area (Å²) >= 11 is 0. The Morgan fingerprint density at radius 1 is 0.893 bits per heavy atom. The highest BCUT2D eigenvalue weighted by atomic mass is 16.6. The van der Waals surface area contributed by atoms with E-state index in [9.17, 15) is 5.11 Å². The average molecular weight is 383 g/mol. The molecular formula is C18H21N7O3. The Labute approximate surface area is 161 Å². The minimum atomic E-state index is -0.852. The first-order chi connectivity index (χ1) is 13.8. The minimum Gasteiger partial charge on any atom is -0.378 e. The fraction of sp³-hybridized carbons (Fsp3) is 0.444. The van der Waals surface area contributed by atoms with Gasteiger partial charge in [-0.15, -0.1) is 0 Å². The summed E-state index contributed by atoms with van der Waals surface area (Å²) in [4.78, 5) is 22.5. The summed E-state index contributed by atoms with van der Waals surface area (Å²) < 4.78 is 12.6. The van der Waals surface area contributed by atoms with Crippen molar-refractivity contribution in [1.82, 2.24) is 24.5 Å². The summed E-state index contributed by atoms with van der Waals surface area (Å²) in [5.41, 5.74) is 1.80. The maximum atomic E-state index is 9.88. The summed E-state index contributed by atoms with van der Waals surface area (Å²) in [5, 5.41) is 9.88. The van der Waals surface area contributed by atoms with Crippen LogP contribution < -0.4 is 9.80 Å². The van der Waals surface area contributed by atoms with Gasteiger partial charge in [0.25, 0.3) is 0 Å². The van der Waals surface area contributed by atoms with Gasteiger partial charge in [0, 0.05) is 19.6 Å². The molecule has 1 atom stereocenters. The Bertz CT molecular complexity index is 973. The number of morpholine rings is 2. The molecule has 0 saturated carbocycles. The molecule has 0 spiro atoms. The number of anilines is 2. The van der Waals surface area contributed by atoms with Gasteiger partial charge in [-0.2, -0.15) is 15.0 Å².